The fourth-order valence-electron chi connectivity index (χ4n) is 3.47. The Balaban J connectivity index is 1.75. The highest BCUT2D eigenvalue weighted by Crippen LogP contribution is 2.35. The standard InChI is InChI=1S/C25H25N3OS3/c1-4-31-21-12-10-18(11-13-21)23-19(16-28(26-23)20-8-6-5-7-9-20)14-22-24(29)27(15-17(2)3)25(30)32-22/h5-14,16-17H,4,15H2,1-3H3. The number of amides is 1. The summed E-state index contributed by atoms with van der Waals surface area (Å²) in [5.41, 5.74) is 3.73. The molecule has 1 aliphatic rings. The van der Waals surface area contributed by atoms with Crippen LogP contribution in [0.15, 0.2) is 70.6 Å². The van der Waals surface area contributed by atoms with Crippen molar-refractivity contribution in [3.8, 4) is 16.9 Å². The van der Waals surface area contributed by atoms with E-state index < -0.39 is 0 Å². The van der Waals surface area contributed by atoms with Crippen molar-refractivity contribution < 1.29 is 4.79 Å². The van der Waals surface area contributed by atoms with E-state index in [9.17, 15) is 4.79 Å². The molecule has 1 aliphatic heterocycles. The maximum Gasteiger partial charge on any atom is 0.266 e. The van der Waals surface area contributed by atoms with Crippen molar-refractivity contribution in [2.24, 2.45) is 5.92 Å². The Bertz CT molecular complexity index is 1150. The molecule has 0 aliphatic carbocycles. The summed E-state index contributed by atoms with van der Waals surface area (Å²) in [7, 11) is 0. The highest BCUT2D eigenvalue weighted by Gasteiger charge is 2.32. The molecule has 2 heterocycles. The lowest BCUT2D eigenvalue weighted by Crippen LogP contribution is -2.31. The van der Waals surface area contributed by atoms with E-state index in [0.717, 1.165) is 28.3 Å². The van der Waals surface area contributed by atoms with Crippen LogP contribution in [0.4, 0.5) is 0 Å². The summed E-state index contributed by atoms with van der Waals surface area (Å²) in [5, 5.41) is 4.88. The van der Waals surface area contributed by atoms with Gasteiger partial charge in [-0.25, -0.2) is 4.68 Å². The van der Waals surface area contributed by atoms with Crippen LogP contribution in [-0.2, 0) is 4.79 Å². The molecule has 7 heteroatoms. The molecule has 0 unspecified atom stereocenters. The third-order valence-electron chi connectivity index (χ3n) is 4.91. The number of aromatic nitrogens is 2. The first-order chi connectivity index (χ1) is 15.5. The minimum atomic E-state index is -0.0261. The number of nitrogens with zero attached hydrogens (tertiary/aromatic N) is 3. The molecule has 2 aromatic carbocycles. The molecule has 1 aromatic heterocycles. The van der Waals surface area contributed by atoms with Crippen LogP contribution in [0.25, 0.3) is 23.0 Å². The van der Waals surface area contributed by atoms with Crippen molar-refractivity contribution in [3.05, 3.63) is 71.3 Å². The normalized spacial score (nSPS) is 15.4. The molecule has 0 bridgehead atoms. The van der Waals surface area contributed by atoms with Gasteiger partial charge in [-0.15, -0.1) is 11.8 Å². The molecular formula is C25H25N3OS3. The molecule has 164 valence electrons. The molecule has 1 fully saturated rings. The smallest absolute Gasteiger partial charge is 0.266 e. The highest BCUT2D eigenvalue weighted by atomic mass is 32.2. The second-order valence-corrected chi connectivity index (χ2v) is 10.9. The zero-order valence-electron chi connectivity index (χ0n) is 18.3. The Morgan fingerprint density at radius 2 is 1.84 bits per heavy atom. The molecule has 0 spiro atoms. The quantitative estimate of drug-likeness (QED) is 0.219. The molecule has 0 saturated carbocycles. The molecular weight excluding hydrogens is 454 g/mol. The molecule has 0 radical (unpaired) electrons. The van der Waals surface area contributed by atoms with E-state index in [4.69, 9.17) is 17.3 Å². The minimum Gasteiger partial charge on any atom is -0.293 e. The van der Waals surface area contributed by atoms with Gasteiger partial charge in [0.25, 0.3) is 5.91 Å². The van der Waals surface area contributed by atoms with Gasteiger partial charge in [-0.05, 0) is 42.0 Å². The summed E-state index contributed by atoms with van der Waals surface area (Å²) in [4.78, 5) is 16.6. The summed E-state index contributed by atoms with van der Waals surface area (Å²) >= 11 is 8.66. The van der Waals surface area contributed by atoms with E-state index in [-0.39, 0.29) is 5.91 Å². The highest BCUT2D eigenvalue weighted by molar-refractivity contribution is 8.26. The average Bonchev–Trinajstić information content (AvgIpc) is 3.32. The number of thioether (sulfide) groups is 2. The van der Waals surface area contributed by atoms with Gasteiger partial charge in [0.15, 0.2) is 0 Å². The lowest BCUT2D eigenvalue weighted by molar-refractivity contribution is -0.122. The number of hydrogen-bond acceptors (Lipinski definition) is 5. The Labute approximate surface area is 203 Å². The Hall–Kier alpha value is -2.35. The maximum atomic E-state index is 13.0. The van der Waals surface area contributed by atoms with E-state index in [0.29, 0.717) is 21.7 Å². The van der Waals surface area contributed by atoms with Gasteiger partial charge in [0.05, 0.1) is 16.3 Å². The number of rotatable bonds is 7. The molecule has 0 atom stereocenters. The van der Waals surface area contributed by atoms with Crippen molar-refractivity contribution in [3.63, 3.8) is 0 Å². The number of thiocarbonyl (C=S) groups is 1. The molecule has 1 amide bonds. The van der Waals surface area contributed by atoms with E-state index in [2.05, 4.69) is 45.0 Å². The Kier molecular flexibility index (Phi) is 7.18. The first-order valence-corrected chi connectivity index (χ1v) is 12.8. The average molecular weight is 480 g/mol. The van der Waals surface area contributed by atoms with Crippen molar-refractivity contribution in [2.45, 2.75) is 25.7 Å². The van der Waals surface area contributed by atoms with Gasteiger partial charge in [0.1, 0.15) is 4.32 Å². The van der Waals surface area contributed by atoms with Gasteiger partial charge in [0.2, 0.25) is 0 Å². The second-order valence-electron chi connectivity index (χ2n) is 7.86. The van der Waals surface area contributed by atoms with Crippen LogP contribution in [0, 0.1) is 5.92 Å². The van der Waals surface area contributed by atoms with Gasteiger partial charge in [-0.2, -0.15) is 5.10 Å². The van der Waals surface area contributed by atoms with Crippen molar-refractivity contribution in [1.29, 1.82) is 0 Å². The summed E-state index contributed by atoms with van der Waals surface area (Å²) in [5.74, 6) is 1.36. The van der Waals surface area contributed by atoms with Crippen LogP contribution >= 0.6 is 35.7 Å². The first-order valence-electron chi connectivity index (χ1n) is 10.6. The monoisotopic (exact) mass is 479 g/mol. The van der Waals surface area contributed by atoms with Crippen LogP contribution in [0.5, 0.6) is 0 Å². The van der Waals surface area contributed by atoms with Gasteiger partial charge >= 0.3 is 0 Å². The van der Waals surface area contributed by atoms with Gasteiger partial charge in [-0.1, -0.05) is 75.1 Å². The lowest BCUT2D eigenvalue weighted by atomic mass is 10.1. The summed E-state index contributed by atoms with van der Waals surface area (Å²) < 4.78 is 2.48. The lowest BCUT2D eigenvalue weighted by Gasteiger charge is -2.16. The zero-order chi connectivity index (χ0) is 22.7. The fourth-order valence-corrected chi connectivity index (χ4v) is 5.40. The number of carbonyl (C=O) groups excluding carboxylic acids is 1. The maximum absolute atomic E-state index is 13.0. The zero-order valence-corrected chi connectivity index (χ0v) is 20.8. The number of para-hydroxylation sites is 1. The Morgan fingerprint density at radius 1 is 1.12 bits per heavy atom. The predicted octanol–water partition coefficient (Wildman–Crippen LogP) is 6.51. The minimum absolute atomic E-state index is 0.0261. The molecule has 4 rings (SSSR count). The molecule has 4 nitrogen and oxygen atoms in total. The first kappa shape index (κ1) is 22.8. The van der Waals surface area contributed by atoms with Crippen molar-refractivity contribution in [2.75, 3.05) is 12.3 Å². The van der Waals surface area contributed by atoms with Crippen LogP contribution in [0.2, 0.25) is 0 Å². The number of carbonyl (C=O) groups is 1. The van der Waals surface area contributed by atoms with E-state index in [1.54, 1.807) is 4.90 Å². The molecule has 3 aromatic rings. The summed E-state index contributed by atoms with van der Waals surface area (Å²) in [6.45, 7) is 6.96. The van der Waals surface area contributed by atoms with Crippen LogP contribution in [0.1, 0.15) is 26.3 Å². The van der Waals surface area contributed by atoms with Gasteiger partial charge in [-0.3, -0.25) is 9.69 Å². The third kappa shape index (κ3) is 5.00. The van der Waals surface area contributed by atoms with Crippen molar-refractivity contribution in [1.82, 2.24) is 14.7 Å². The fraction of sp³-hybridized carbons (Fsp3) is 0.240. The summed E-state index contributed by atoms with van der Waals surface area (Å²) in [6.07, 6.45) is 3.91. The predicted molar refractivity (Wildman–Crippen MR) is 140 cm³/mol. The SMILES string of the molecule is CCSc1ccc(-c2nn(-c3ccccc3)cc2C=C2SC(=S)N(CC(C)C)C2=O)cc1. The van der Waals surface area contributed by atoms with Crippen molar-refractivity contribution >= 4 is 52.0 Å². The second kappa shape index (κ2) is 10.1. The van der Waals surface area contributed by atoms with E-state index >= 15 is 0 Å². The number of benzene rings is 2. The molecule has 0 N–H and O–H groups in total. The third-order valence-corrected chi connectivity index (χ3v) is 7.18. The van der Waals surface area contributed by atoms with Gasteiger partial charge in [0, 0.05) is 28.8 Å². The topological polar surface area (TPSA) is 38.1 Å². The largest absolute Gasteiger partial charge is 0.293 e. The summed E-state index contributed by atoms with van der Waals surface area (Å²) in [6, 6.07) is 18.4. The van der Waals surface area contributed by atoms with E-state index in [1.165, 1.54) is 16.7 Å². The van der Waals surface area contributed by atoms with Crippen LogP contribution in [-0.4, -0.2) is 37.2 Å². The molecule has 1 saturated heterocycles. The Morgan fingerprint density at radius 3 is 2.50 bits per heavy atom. The van der Waals surface area contributed by atoms with E-state index in [1.807, 2.05) is 59.0 Å². The number of hydrogen-bond donors (Lipinski definition) is 0. The van der Waals surface area contributed by atoms with Crippen LogP contribution < -0.4 is 0 Å². The van der Waals surface area contributed by atoms with Gasteiger partial charge < -0.3 is 0 Å². The molecule has 32 heavy (non-hydrogen) atoms. The van der Waals surface area contributed by atoms with Crippen LogP contribution in [0.3, 0.4) is 0 Å².